The minimum atomic E-state index is -0.795. The number of unbranched alkanes of at least 4 members (excludes halogenated alkanes) is 20. The maximum Gasteiger partial charge on any atom is 0.306 e. The molecule has 0 saturated heterocycles. The SMILES string of the molecule is CC/C=C\C/C=C\C/C=C\C/C=C\C/C=C\C/C=C\C/C=C\C/C=C\CCCCCCC(=O)OCC(COC(=O)CCCCCCCC)OC(=O)CCCCCCCCCCCCC/C=C\C/C=C\C/C=C\C/C=C\C/C=C\CC. The number of rotatable bonds is 57. The molecule has 0 amide bonds. The zero-order valence-corrected chi connectivity index (χ0v) is 51.5. The average Bonchev–Trinajstić information content (AvgIpc) is 3.46. The highest BCUT2D eigenvalue weighted by atomic mass is 16.6. The summed E-state index contributed by atoms with van der Waals surface area (Å²) in [5.74, 6) is -0.934. The number of hydrogen-bond acceptors (Lipinski definition) is 6. The zero-order valence-electron chi connectivity index (χ0n) is 51.5. The van der Waals surface area contributed by atoms with Crippen LogP contribution in [0.2, 0.25) is 0 Å². The van der Waals surface area contributed by atoms with Crippen LogP contribution in [-0.4, -0.2) is 37.2 Å². The highest BCUT2D eigenvalue weighted by Crippen LogP contribution is 2.15. The lowest BCUT2D eigenvalue weighted by Gasteiger charge is -2.18. The van der Waals surface area contributed by atoms with Gasteiger partial charge in [0.2, 0.25) is 0 Å². The van der Waals surface area contributed by atoms with Gasteiger partial charge in [-0.05, 0) is 128 Å². The topological polar surface area (TPSA) is 78.9 Å². The van der Waals surface area contributed by atoms with E-state index in [1.807, 2.05) is 0 Å². The van der Waals surface area contributed by atoms with Crippen LogP contribution < -0.4 is 0 Å². The Kier molecular flexibility index (Phi) is 62.4. The third-order valence-electron chi connectivity index (χ3n) is 13.3. The summed E-state index contributed by atoms with van der Waals surface area (Å²) in [6, 6.07) is 0. The molecule has 0 aliphatic heterocycles. The smallest absolute Gasteiger partial charge is 0.306 e. The van der Waals surface area contributed by atoms with Crippen molar-refractivity contribution in [3.05, 3.63) is 158 Å². The predicted molar refractivity (Wildman–Crippen MR) is 348 cm³/mol. The number of esters is 3. The molecule has 0 spiro atoms. The van der Waals surface area contributed by atoms with Crippen LogP contribution in [0, 0.1) is 0 Å². The Balaban J connectivity index is 4.19. The van der Waals surface area contributed by atoms with E-state index in [1.165, 1.54) is 77.0 Å². The van der Waals surface area contributed by atoms with Crippen LogP contribution in [-0.2, 0) is 28.6 Å². The molecule has 6 nitrogen and oxygen atoms in total. The van der Waals surface area contributed by atoms with Gasteiger partial charge in [0.25, 0.3) is 0 Å². The molecule has 0 aromatic heterocycles. The van der Waals surface area contributed by atoms with Gasteiger partial charge in [0.15, 0.2) is 6.10 Å². The van der Waals surface area contributed by atoms with Crippen molar-refractivity contribution in [1.82, 2.24) is 0 Å². The lowest BCUT2D eigenvalue weighted by molar-refractivity contribution is -0.167. The molecule has 0 N–H and O–H groups in total. The van der Waals surface area contributed by atoms with Gasteiger partial charge >= 0.3 is 17.9 Å². The second kappa shape index (κ2) is 66.5. The number of hydrogen-bond donors (Lipinski definition) is 0. The molecule has 0 saturated carbocycles. The van der Waals surface area contributed by atoms with Crippen molar-refractivity contribution in [3.63, 3.8) is 0 Å². The first-order chi connectivity index (χ1) is 39.5. The molecule has 6 heteroatoms. The summed E-state index contributed by atoms with van der Waals surface area (Å²) in [5.41, 5.74) is 0. The third kappa shape index (κ3) is 63.9. The molecule has 0 radical (unpaired) electrons. The summed E-state index contributed by atoms with van der Waals surface area (Å²) in [6.07, 6.45) is 97.1. The summed E-state index contributed by atoms with van der Waals surface area (Å²) in [6.45, 7) is 6.33. The molecule has 0 aliphatic carbocycles. The fourth-order valence-electron chi connectivity index (χ4n) is 8.48. The lowest BCUT2D eigenvalue weighted by Crippen LogP contribution is -2.30. The van der Waals surface area contributed by atoms with Gasteiger partial charge in [0.1, 0.15) is 13.2 Å². The maximum absolute atomic E-state index is 12.9. The zero-order chi connectivity index (χ0) is 57.8. The number of carbonyl (C=O) groups excluding carboxylic acids is 3. The average molecular weight is 1100 g/mol. The Morgan fingerprint density at radius 2 is 0.487 bits per heavy atom. The van der Waals surface area contributed by atoms with Gasteiger partial charge < -0.3 is 14.2 Å². The molecule has 0 fully saturated rings. The molecule has 0 aromatic rings. The molecule has 1 unspecified atom stereocenters. The monoisotopic (exact) mass is 1100 g/mol. The van der Waals surface area contributed by atoms with E-state index in [4.69, 9.17) is 14.2 Å². The van der Waals surface area contributed by atoms with Crippen LogP contribution in [0.1, 0.15) is 271 Å². The molecule has 0 aromatic carbocycles. The van der Waals surface area contributed by atoms with E-state index in [1.54, 1.807) is 0 Å². The first-order valence-corrected chi connectivity index (χ1v) is 32.5. The van der Waals surface area contributed by atoms with Crippen molar-refractivity contribution < 1.29 is 28.6 Å². The van der Waals surface area contributed by atoms with Crippen molar-refractivity contribution in [3.8, 4) is 0 Å². The maximum atomic E-state index is 12.9. The summed E-state index contributed by atoms with van der Waals surface area (Å²) >= 11 is 0. The van der Waals surface area contributed by atoms with E-state index < -0.39 is 6.10 Å². The van der Waals surface area contributed by atoms with Crippen LogP contribution in [0.15, 0.2) is 158 Å². The molecule has 0 aliphatic rings. The van der Waals surface area contributed by atoms with E-state index in [-0.39, 0.29) is 31.1 Å². The van der Waals surface area contributed by atoms with Crippen molar-refractivity contribution >= 4 is 17.9 Å². The van der Waals surface area contributed by atoms with E-state index in [9.17, 15) is 14.4 Å². The Labute approximate surface area is 492 Å². The second-order valence-electron chi connectivity index (χ2n) is 20.9. The first-order valence-electron chi connectivity index (χ1n) is 32.5. The van der Waals surface area contributed by atoms with Gasteiger partial charge in [0.05, 0.1) is 0 Å². The Hall–Kier alpha value is -4.97. The van der Waals surface area contributed by atoms with E-state index in [0.717, 1.165) is 154 Å². The minimum Gasteiger partial charge on any atom is -0.462 e. The van der Waals surface area contributed by atoms with Gasteiger partial charge in [-0.1, -0.05) is 281 Å². The highest BCUT2D eigenvalue weighted by Gasteiger charge is 2.19. The van der Waals surface area contributed by atoms with Crippen molar-refractivity contribution in [2.75, 3.05) is 13.2 Å². The summed E-state index contributed by atoms with van der Waals surface area (Å²) in [5, 5.41) is 0. The summed E-state index contributed by atoms with van der Waals surface area (Å²) < 4.78 is 16.8. The largest absolute Gasteiger partial charge is 0.462 e. The third-order valence-corrected chi connectivity index (χ3v) is 13.3. The van der Waals surface area contributed by atoms with Crippen molar-refractivity contribution in [2.45, 2.75) is 277 Å². The number of carbonyl (C=O) groups is 3. The highest BCUT2D eigenvalue weighted by molar-refractivity contribution is 5.71. The van der Waals surface area contributed by atoms with Gasteiger partial charge in [-0.25, -0.2) is 0 Å². The Morgan fingerprint density at radius 3 is 0.762 bits per heavy atom. The molecule has 80 heavy (non-hydrogen) atoms. The van der Waals surface area contributed by atoms with Gasteiger partial charge in [-0.3, -0.25) is 14.4 Å². The molecular weight excluding hydrogens is 985 g/mol. The first kappa shape index (κ1) is 75.0. The normalized spacial score (nSPS) is 13.2. The number of ether oxygens (including phenoxy) is 3. The molecule has 1 atom stereocenters. The molecule has 0 rings (SSSR count). The summed E-state index contributed by atoms with van der Waals surface area (Å²) in [7, 11) is 0. The fourth-order valence-corrected chi connectivity index (χ4v) is 8.48. The van der Waals surface area contributed by atoms with Crippen LogP contribution in [0.25, 0.3) is 0 Å². The fraction of sp³-hybridized carbons (Fsp3) is 0.608. The standard InChI is InChI=1S/C74H118O6/c1-4-7-10-13-16-18-20-22-24-26-28-30-32-34-36-37-39-40-42-44-46-48-50-52-54-56-58-61-64-67-73(76)79-70-71(69-78-72(75)66-63-60-15-12-9-6-3)80-74(77)68-65-62-59-57-55-53-51-49-47-45-43-41-38-35-33-31-29-27-25-23-21-19-17-14-11-8-5-2/h7-8,10-11,16-19,22-25,28-31,34-36,38-40,44,46,50,52,71H,4-6,9,12-15,20-21,26-27,32-33,37,41-43,45,47-49,51,53-70H2,1-3H3/b10-7-,11-8-,18-16-,19-17-,24-22-,25-23-,30-28-,31-29-,36-34-,38-35-,40-39-,46-44-,52-50-. The molecule has 0 bridgehead atoms. The van der Waals surface area contributed by atoms with Crippen LogP contribution >= 0.6 is 0 Å². The number of allylic oxidation sites excluding steroid dienone is 26. The molecule has 0 heterocycles. The lowest BCUT2D eigenvalue weighted by atomic mass is 10.0. The molecule has 450 valence electrons. The Morgan fingerprint density at radius 1 is 0.263 bits per heavy atom. The van der Waals surface area contributed by atoms with Gasteiger partial charge in [-0.15, -0.1) is 0 Å². The molecular formula is C74H118O6. The van der Waals surface area contributed by atoms with Gasteiger partial charge in [0, 0.05) is 19.3 Å². The van der Waals surface area contributed by atoms with Crippen LogP contribution in [0.5, 0.6) is 0 Å². The van der Waals surface area contributed by atoms with Crippen LogP contribution in [0.3, 0.4) is 0 Å². The van der Waals surface area contributed by atoms with E-state index in [0.29, 0.717) is 19.3 Å². The van der Waals surface area contributed by atoms with Gasteiger partial charge in [-0.2, -0.15) is 0 Å². The minimum absolute atomic E-state index is 0.0925. The summed E-state index contributed by atoms with van der Waals surface area (Å²) in [4.78, 5) is 38.0. The van der Waals surface area contributed by atoms with E-state index in [2.05, 4.69) is 179 Å². The van der Waals surface area contributed by atoms with Crippen molar-refractivity contribution in [2.24, 2.45) is 0 Å². The second-order valence-corrected chi connectivity index (χ2v) is 20.9. The predicted octanol–water partition coefficient (Wildman–Crippen LogP) is 22.5. The van der Waals surface area contributed by atoms with Crippen molar-refractivity contribution in [1.29, 1.82) is 0 Å². The van der Waals surface area contributed by atoms with E-state index >= 15 is 0 Å². The quantitative estimate of drug-likeness (QED) is 0.0261. The Bertz CT molecular complexity index is 1790. The van der Waals surface area contributed by atoms with Crippen LogP contribution in [0.4, 0.5) is 0 Å².